The Morgan fingerprint density at radius 1 is 1.26 bits per heavy atom. The van der Waals surface area contributed by atoms with Gasteiger partial charge in [0.05, 0.1) is 0 Å². The van der Waals surface area contributed by atoms with Crippen molar-refractivity contribution >= 4 is 23.2 Å². The Kier molecular flexibility index (Phi) is 6.43. The Morgan fingerprint density at radius 3 is 2.47 bits per heavy atom. The first-order valence-electron chi connectivity index (χ1n) is 6.08. The Hall–Kier alpha value is -0.450. The summed E-state index contributed by atoms with van der Waals surface area (Å²) >= 11 is 11.9. The topological polar surface area (TPSA) is 12.0 Å². The number of halogens is 5. The van der Waals surface area contributed by atoms with Crippen LogP contribution in [0.2, 0.25) is 10.0 Å². The van der Waals surface area contributed by atoms with Crippen molar-refractivity contribution in [2.45, 2.75) is 38.4 Å². The molecule has 0 spiro atoms. The molecule has 0 heterocycles. The largest absolute Gasteiger partial charge is 0.389 e. The molecule has 1 N–H and O–H groups in total. The van der Waals surface area contributed by atoms with Crippen LogP contribution in [0.4, 0.5) is 13.2 Å². The monoisotopic (exact) mass is 313 g/mol. The van der Waals surface area contributed by atoms with E-state index >= 15 is 0 Å². The lowest BCUT2D eigenvalue weighted by atomic mass is 10.0. The molecule has 1 nitrogen and oxygen atoms in total. The van der Waals surface area contributed by atoms with Gasteiger partial charge in [-0.3, -0.25) is 0 Å². The summed E-state index contributed by atoms with van der Waals surface area (Å²) in [7, 11) is 0. The molecule has 0 aliphatic rings. The van der Waals surface area contributed by atoms with Gasteiger partial charge in [0.2, 0.25) is 0 Å². The molecular formula is C13H16Cl2F3N. The molecule has 0 fully saturated rings. The zero-order valence-electron chi connectivity index (χ0n) is 10.5. The lowest BCUT2D eigenvalue weighted by molar-refractivity contribution is -0.135. The van der Waals surface area contributed by atoms with Crippen LogP contribution in [0.5, 0.6) is 0 Å². The number of hydrogen-bond donors (Lipinski definition) is 1. The van der Waals surface area contributed by atoms with Crippen molar-refractivity contribution in [1.82, 2.24) is 5.32 Å². The van der Waals surface area contributed by atoms with Crippen LogP contribution in [0.1, 0.15) is 37.8 Å². The molecular weight excluding hydrogens is 298 g/mol. The van der Waals surface area contributed by atoms with E-state index in [1.165, 1.54) is 0 Å². The molecule has 0 aliphatic carbocycles. The van der Waals surface area contributed by atoms with Crippen molar-refractivity contribution in [2.75, 3.05) is 6.54 Å². The fourth-order valence-electron chi connectivity index (χ4n) is 1.82. The van der Waals surface area contributed by atoms with Crippen molar-refractivity contribution < 1.29 is 13.2 Å². The molecule has 0 radical (unpaired) electrons. The quantitative estimate of drug-likeness (QED) is 0.695. The van der Waals surface area contributed by atoms with E-state index in [0.717, 1.165) is 12.0 Å². The minimum Gasteiger partial charge on any atom is -0.310 e. The highest BCUT2D eigenvalue weighted by atomic mass is 35.5. The predicted octanol–water partition coefficient (Wildman–Crippen LogP) is 5.38. The maximum absolute atomic E-state index is 12.0. The third-order valence-electron chi connectivity index (χ3n) is 2.77. The molecule has 0 aromatic heterocycles. The molecule has 6 heteroatoms. The Bertz CT molecular complexity index is 407. The molecule has 0 bridgehead atoms. The van der Waals surface area contributed by atoms with Crippen LogP contribution in [0.3, 0.4) is 0 Å². The molecule has 19 heavy (non-hydrogen) atoms. The summed E-state index contributed by atoms with van der Waals surface area (Å²) in [5, 5.41) is 4.16. The van der Waals surface area contributed by atoms with Gasteiger partial charge in [-0.2, -0.15) is 13.2 Å². The van der Waals surface area contributed by atoms with Gasteiger partial charge in [-0.1, -0.05) is 36.2 Å². The predicted molar refractivity (Wildman–Crippen MR) is 72.8 cm³/mol. The lowest BCUT2D eigenvalue weighted by Crippen LogP contribution is -2.23. The Morgan fingerprint density at radius 2 is 1.95 bits per heavy atom. The molecule has 0 saturated heterocycles. The Labute approximate surface area is 121 Å². The number of alkyl halides is 3. The number of rotatable bonds is 6. The molecule has 0 saturated carbocycles. The van der Waals surface area contributed by atoms with Gasteiger partial charge in [-0.15, -0.1) is 0 Å². The summed E-state index contributed by atoms with van der Waals surface area (Å²) in [6, 6.07) is 5.11. The minimum absolute atomic E-state index is 0.0574. The van der Waals surface area contributed by atoms with Crippen molar-refractivity contribution in [1.29, 1.82) is 0 Å². The average Bonchev–Trinajstić information content (AvgIpc) is 2.29. The van der Waals surface area contributed by atoms with Gasteiger partial charge in [0.15, 0.2) is 0 Å². The second kappa shape index (κ2) is 7.36. The summed E-state index contributed by atoms with van der Waals surface area (Å²) in [6.45, 7) is 2.25. The fourth-order valence-corrected chi connectivity index (χ4v) is 2.36. The molecule has 1 rings (SSSR count). The third kappa shape index (κ3) is 6.02. The van der Waals surface area contributed by atoms with E-state index in [4.69, 9.17) is 23.2 Å². The first-order valence-corrected chi connectivity index (χ1v) is 6.84. The number of benzene rings is 1. The molecule has 1 aromatic rings. The van der Waals surface area contributed by atoms with Crippen molar-refractivity contribution in [3.8, 4) is 0 Å². The van der Waals surface area contributed by atoms with E-state index in [1.807, 2.05) is 6.92 Å². The standard InChI is InChI=1S/C13H16Cl2F3N/c1-2-12(19-7-3-6-13(16,17)18)10-5-4-9(14)8-11(10)15/h4-5,8,12,19H,2-3,6-7H2,1H3. The SMILES string of the molecule is CCC(NCCCC(F)(F)F)c1ccc(Cl)cc1Cl. The van der Waals surface area contributed by atoms with E-state index in [2.05, 4.69) is 5.32 Å². The first-order chi connectivity index (χ1) is 8.83. The highest BCUT2D eigenvalue weighted by Gasteiger charge is 2.26. The van der Waals surface area contributed by atoms with Gasteiger partial charge >= 0.3 is 6.18 Å². The van der Waals surface area contributed by atoms with Gasteiger partial charge in [0.1, 0.15) is 0 Å². The third-order valence-corrected chi connectivity index (χ3v) is 3.34. The molecule has 0 aliphatic heterocycles. The summed E-state index contributed by atoms with van der Waals surface area (Å²) in [5.74, 6) is 0. The highest BCUT2D eigenvalue weighted by molar-refractivity contribution is 6.35. The van der Waals surface area contributed by atoms with Crippen molar-refractivity contribution in [2.24, 2.45) is 0 Å². The Balaban J connectivity index is 2.54. The summed E-state index contributed by atoms with van der Waals surface area (Å²) in [4.78, 5) is 0. The second-order valence-corrected chi connectivity index (χ2v) is 5.14. The van der Waals surface area contributed by atoms with Crippen LogP contribution >= 0.6 is 23.2 Å². The van der Waals surface area contributed by atoms with E-state index in [0.29, 0.717) is 16.6 Å². The van der Waals surface area contributed by atoms with E-state index in [-0.39, 0.29) is 12.5 Å². The van der Waals surface area contributed by atoms with E-state index in [1.54, 1.807) is 18.2 Å². The second-order valence-electron chi connectivity index (χ2n) is 4.30. The van der Waals surface area contributed by atoms with Gasteiger partial charge in [-0.05, 0) is 37.1 Å². The number of nitrogens with one attached hydrogen (secondary N) is 1. The average molecular weight is 314 g/mol. The van der Waals surface area contributed by atoms with Crippen LogP contribution in [0.25, 0.3) is 0 Å². The smallest absolute Gasteiger partial charge is 0.310 e. The van der Waals surface area contributed by atoms with Gasteiger partial charge in [0.25, 0.3) is 0 Å². The van der Waals surface area contributed by atoms with Crippen molar-refractivity contribution in [3.63, 3.8) is 0 Å². The molecule has 0 amide bonds. The number of hydrogen-bond acceptors (Lipinski definition) is 1. The summed E-state index contributed by atoms with van der Waals surface area (Å²) in [6.07, 6.45) is -4.06. The molecule has 108 valence electrons. The van der Waals surface area contributed by atoms with Crippen LogP contribution in [-0.4, -0.2) is 12.7 Å². The first kappa shape index (κ1) is 16.6. The maximum atomic E-state index is 12.0. The van der Waals surface area contributed by atoms with E-state index in [9.17, 15) is 13.2 Å². The lowest BCUT2D eigenvalue weighted by Gasteiger charge is -2.19. The zero-order valence-corrected chi connectivity index (χ0v) is 12.0. The summed E-state index contributed by atoms with van der Waals surface area (Å²) in [5.41, 5.74) is 0.862. The molecule has 1 unspecified atom stereocenters. The maximum Gasteiger partial charge on any atom is 0.389 e. The fraction of sp³-hybridized carbons (Fsp3) is 0.538. The summed E-state index contributed by atoms with van der Waals surface area (Å²) < 4.78 is 36.1. The van der Waals surface area contributed by atoms with Crippen LogP contribution in [0.15, 0.2) is 18.2 Å². The van der Waals surface area contributed by atoms with Crippen LogP contribution in [0, 0.1) is 0 Å². The van der Waals surface area contributed by atoms with Crippen LogP contribution in [-0.2, 0) is 0 Å². The van der Waals surface area contributed by atoms with Gasteiger partial charge in [-0.25, -0.2) is 0 Å². The zero-order chi connectivity index (χ0) is 14.5. The molecule has 1 atom stereocenters. The van der Waals surface area contributed by atoms with Crippen LogP contribution < -0.4 is 5.32 Å². The normalized spacial score (nSPS) is 13.6. The highest BCUT2D eigenvalue weighted by Crippen LogP contribution is 2.28. The minimum atomic E-state index is -4.10. The van der Waals surface area contributed by atoms with Gasteiger partial charge < -0.3 is 5.32 Å². The molecule has 1 aromatic carbocycles. The van der Waals surface area contributed by atoms with Crippen molar-refractivity contribution in [3.05, 3.63) is 33.8 Å². The van der Waals surface area contributed by atoms with Gasteiger partial charge in [0, 0.05) is 22.5 Å². The van der Waals surface area contributed by atoms with E-state index < -0.39 is 12.6 Å².